The molecular weight excluding hydrogens is 410 g/mol. The van der Waals surface area contributed by atoms with Crippen LogP contribution in [0.1, 0.15) is 48.0 Å². The van der Waals surface area contributed by atoms with E-state index in [1.165, 1.54) is 6.42 Å². The van der Waals surface area contributed by atoms with Crippen molar-refractivity contribution in [2.45, 2.75) is 56.8 Å². The largest absolute Gasteiger partial charge is 0.489 e. The normalized spacial score (nSPS) is 34.7. The lowest BCUT2D eigenvalue weighted by Gasteiger charge is -2.30. The number of rotatable bonds is 4. The summed E-state index contributed by atoms with van der Waals surface area (Å²) in [5, 5.41) is 2.35. The fourth-order valence-corrected chi connectivity index (χ4v) is 6.25. The minimum atomic E-state index is -0.588. The summed E-state index contributed by atoms with van der Waals surface area (Å²) in [6, 6.07) is 5.51. The average Bonchev–Trinajstić information content (AvgIpc) is 3.52. The molecule has 1 aromatic carbocycles. The fourth-order valence-electron chi connectivity index (χ4n) is 6.25. The summed E-state index contributed by atoms with van der Waals surface area (Å²) in [5.41, 5.74) is 1.51. The fraction of sp³-hybridized carbons (Fsp3) is 0.625. The Balaban J connectivity index is 1.14. The van der Waals surface area contributed by atoms with Gasteiger partial charge in [0, 0.05) is 49.5 Å². The molecule has 32 heavy (non-hydrogen) atoms. The first-order chi connectivity index (χ1) is 15.6. The van der Waals surface area contributed by atoms with E-state index >= 15 is 0 Å². The van der Waals surface area contributed by atoms with Gasteiger partial charge in [-0.3, -0.25) is 24.6 Å². The van der Waals surface area contributed by atoms with Gasteiger partial charge in [-0.15, -0.1) is 0 Å². The Labute approximate surface area is 187 Å². The predicted octanol–water partition coefficient (Wildman–Crippen LogP) is 1.33. The number of fused-ring (bicyclic) bond motifs is 2. The number of piperidine rings is 1. The van der Waals surface area contributed by atoms with Crippen LogP contribution in [0.3, 0.4) is 0 Å². The average molecular weight is 440 g/mol. The van der Waals surface area contributed by atoms with Crippen molar-refractivity contribution in [2.24, 2.45) is 11.8 Å². The molecule has 3 saturated heterocycles. The first kappa shape index (κ1) is 20.2. The second-order valence-corrected chi connectivity index (χ2v) is 9.88. The summed E-state index contributed by atoms with van der Waals surface area (Å²) in [4.78, 5) is 40.8. The van der Waals surface area contributed by atoms with Gasteiger partial charge in [0.25, 0.3) is 5.91 Å². The third-order valence-corrected chi connectivity index (χ3v) is 7.94. The molecule has 5 atom stereocenters. The third-order valence-electron chi connectivity index (χ3n) is 7.94. The molecule has 0 aromatic heterocycles. The maximum atomic E-state index is 12.9. The summed E-state index contributed by atoms with van der Waals surface area (Å²) >= 11 is 0. The van der Waals surface area contributed by atoms with Crippen molar-refractivity contribution in [1.29, 1.82) is 0 Å². The molecule has 4 heterocycles. The molecule has 4 aliphatic heterocycles. The highest BCUT2D eigenvalue weighted by molar-refractivity contribution is 6.05. The van der Waals surface area contributed by atoms with Crippen LogP contribution in [0.2, 0.25) is 0 Å². The summed E-state index contributed by atoms with van der Waals surface area (Å²) in [6.07, 6.45) is 4.18. The van der Waals surface area contributed by atoms with E-state index in [1.54, 1.807) is 4.90 Å². The number of carbonyl (C=O) groups is 3. The van der Waals surface area contributed by atoms with Crippen molar-refractivity contribution in [3.63, 3.8) is 0 Å². The number of likely N-dealkylation sites (tertiary alicyclic amines) is 1. The van der Waals surface area contributed by atoms with Crippen LogP contribution in [0.15, 0.2) is 18.2 Å². The number of ether oxygens (including phenoxy) is 2. The molecule has 8 nitrogen and oxygen atoms in total. The Morgan fingerprint density at radius 1 is 1.03 bits per heavy atom. The Morgan fingerprint density at radius 3 is 2.62 bits per heavy atom. The van der Waals surface area contributed by atoms with Crippen LogP contribution in [0.5, 0.6) is 5.75 Å². The zero-order valence-corrected chi connectivity index (χ0v) is 18.1. The van der Waals surface area contributed by atoms with Crippen LogP contribution < -0.4 is 10.1 Å². The Hall–Kier alpha value is -2.45. The van der Waals surface area contributed by atoms with Crippen LogP contribution in [-0.2, 0) is 20.9 Å². The molecule has 0 bridgehead atoms. The van der Waals surface area contributed by atoms with E-state index in [0.29, 0.717) is 36.4 Å². The van der Waals surface area contributed by atoms with Crippen molar-refractivity contribution in [3.05, 3.63) is 29.3 Å². The topological polar surface area (TPSA) is 88.2 Å². The molecule has 4 fully saturated rings. The smallest absolute Gasteiger partial charge is 0.255 e. The monoisotopic (exact) mass is 439 g/mol. The van der Waals surface area contributed by atoms with E-state index in [2.05, 4.69) is 10.2 Å². The quantitative estimate of drug-likeness (QED) is 0.712. The van der Waals surface area contributed by atoms with Gasteiger partial charge in [0.2, 0.25) is 11.8 Å². The zero-order valence-electron chi connectivity index (χ0n) is 18.1. The highest BCUT2D eigenvalue weighted by Crippen LogP contribution is 2.37. The minimum absolute atomic E-state index is 0.148. The van der Waals surface area contributed by atoms with Gasteiger partial charge in [-0.25, -0.2) is 0 Å². The summed E-state index contributed by atoms with van der Waals surface area (Å²) < 4.78 is 12.1. The van der Waals surface area contributed by atoms with Gasteiger partial charge in [-0.1, -0.05) is 0 Å². The molecule has 5 aliphatic rings. The van der Waals surface area contributed by atoms with Crippen molar-refractivity contribution in [2.75, 3.05) is 26.3 Å². The van der Waals surface area contributed by atoms with Crippen LogP contribution in [-0.4, -0.2) is 72.0 Å². The zero-order chi connectivity index (χ0) is 21.8. The Bertz CT molecular complexity index is 953. The molecule has 1 saturated carbocycles. The Morgan fingerprint density at radius 2 is 1.84 bits per heavy atom. The molecule has 1 aliphatic carbocycles. The highest BCUT2D eigenvalue weighted by atomic mass is 16.5. The van der Waals surface area contributed by atoms with Gasteiger partial charge < -0.3 is 14.4 Å². The summed E-state index contributed by atoms with van der Waals surface area (Å²) in [5.74, 6) is 1.33. The number of benzene rings is 1. The van der Waals surface area contributed by atoms with E-state index < -0.39 is 6.04 Å². The molecule has 1 N–H and O–H groups in total. The molecule has 6 rings (SSSR count). The van der Waals surface area contributed by atoms with Crippen molar-refractivity contribution in [1.82, 2.24) is 15.1 Å². The standard InChI is InChI=1S/C24H29N3O5/c28-22-7-6-20(23(29)25-22)27-11-14-8-17(4-5-18(14)24(27)30)32-21-3-1-2-19(21)26-9-15-12-31-13-16(15)10-26/h4-5,8,15-16,19-21H,1-3,6-7,9-13H2,(H,25,28,29)/t15-,16+,19-,20?,21+/m1/s1. The van der Waals surface area contributed by atoms with E-state index in [0.717, 1.165) is 50.5 Å². The van der Waals surface area contributed by atoms with Crippen molar-refractivity contribution >= 4 is 17.7 Å². The molecule has 170 valence electrons. The molecule has 1 unspecified atom stereocenters. The third kappa shape index (κ3) is 3.40. The number of nitrogens with one attached hydrogen (secondary N) is 1. The molecule has 3 amide bonds. The highest BCUT2D eigenvalue weighted by Gasteiger charge is 2.44. The lowest BCUT2D eigenvalue weighted by atomic mass is 10.0. The number of carbonyl (C=O) groups excluding carboxylic acids is 3. The van der Waals surface area contributed by atoms with Crippen LogP contribution >= 0.6 is 0 Å². The van der Waals surface area contributed by atoms with Gasteiger partial charge in [0.1, 0.15) is 17.9 Å². The second-order valence-electron chi connectivity index (χ2n) is 9.88. The number of hydrogen-bond acceptors (Lipinski definition) is 6. The predicted molar refractivity (Wildman–Crippen MR) is 114 cm³/mol. The van der Waals surface area contributed by atoms with E-state index in [9.17, 15) is 14.4 Å². The van der Waals surface area contributed by atoms with Gasteiger partial charge in [0.15, 0.2) is 0 Å². The molecule has 0 radical (unpaired) electrons. The van der Waals surface area contributed by atoms with E-state index in [1.807, 2.05) is 18.2 Å². The SMILES string of the molecule is O=C1CCC(N2Cc3cc(O[C@H]4CCC[C@H]4N4C[C@H]5COC[C@H]5C4)ccc3C2=O)C(=O)N1. The number of hydrogen-bond donors (Lipinski definition) is 1. The minimum Gasteiger partial charge on any atom is -0.489 e. The molecule has 8 heteroatoms. The lowest BCUT2D eigenvalue weighted by molar-refractivity contribution is -0.136. The maximum Gasteiger partial charge on any atom is 0.255 e. The number of nitrogens with zero attached hydrogens (tertiary/aromatic N) is 2. The van der Waals surface area contributed by atoms with Gasteiger partial charge >= 0.3 is 0 Å². The summed E-state index contributed by atoms with van der Waals surface area (Å²) in [6.45, 7) is 4.37. The second kappa shape index (κ2) is 7.85. The van der Waals surface area contributed by atoms with E-state index in [4.69, 9.17) is 9.47 Å². The molecular formula is C24H29N3O5. The van der Waals surface area contributed by atoms with E-state index in [-0.39, 0.29) is 30.2 Å². The van der Waals surface area contributed by atoms with Gasteiger partial charge in [-0.05, 0) is 49.4 Å². The van der Waals surface area contributed by atoms with Crippen LogP contribution in [0.25, 0.3) is 0 Å². The van der Waals surface area contributed by atoms with Crippen molar-refractivity contribution in [3.8, 4) is 5.75 Å². The Kier molecular flexibility index (Phi) is 4.95. The molecule has 0 spiro atoms. The van der Waals surface area contributed by atoms with Gasteiger partial charge in [0.05, 0.1) is 13.2 Å². The van der Waals surface area contributed by atoms with Crippen LogP contribution in [0, 0.1) is 11.8 Å². The maximum absolute atomic E-state index is 12.9. The van der Waals surface area contributed by atoms with Gasteiger partial charge in [-0.2, -0.15) is 0 Å². The lowest BCUT2D eigenvalue weighted by Crippen LogP contribution is -2.52. The summed E-state index contributed by atoms with van der Waals surface area (Å²) in [7, 11) is 0. The first-order valence-electron chi connectivity index (χ1n) is 11.8. The van der Waals surface area contributed by atoms with Crippen molar-refractivity contribution < 1.29 is 23.9 Å². The first-order valence-corrected chi connectivity index (χ1v) is 11.8. The van der Waals surface area contributed by atoms with Crippen LogP contribution in [0.4, 0.5) is 0 Å². The number of imide groups is 1. The molecule has 1 aromatic rings. The number of amides is 3.